The lowest BCUT2D eigenvalue weighted by Gasteiger charge is -2.24. The molecular weight excluding hydrogens is 192 g/mol. The molecule has 0 saturated carbocycles. The van der Waals surface area contributed by atoms with Crippen LogP contribution in [-0.4, -0.2) is 0 Å². The molecule has 0 aliphatic rings. The van der Waals surface area contributed by atoms with Crippen LogP contribution in [0.5, 0.6) is 0 Å². The van der Waals surface area contributed by atoms with Crippen molar-refractivity contribution in [2.45, 2.75) is 53.9 Å². The van der Waals surface area contributed by atoms with Crippen LogP contribution in [0.2, 0.25) is 0 Å². The average Bonchev–Trinajstić information content (AvgIpc) is 2.26. The van der Waals surface area contributed by atoms with Crippen molar-refractivity contribution in [1.29, 1.82) is 0 Å². The molecule has 0 spiro atoms. The summed E-state index contributed by atoms with van der Waals surface area (Å²) in [5.74, 6) is 0. The lowest BCUT2D eigenvalue weighted by Crippen LogP contribution is -2.15. The lowest BCUT2D eigenvalue weighted by atomic mass is 9.80. The maximum Gasteiger partial charge on any atom is 0.00755 e. The Morgan fingerprint density at radius 1 is 1.06 bits per heavy atom. The Labute approximate surface area is 101 Å². The van der Waals surface area contributed by atoms with Crippen LogP contribution in [0.15, 0.2) is 24.8 Å². The zero-order valence-corrected chi connectivity index (χ0v) is 11.9. The van der Waals surface area contributed by atoms with Gasteiger partial charge in [-0.05, 0) is 37.5 Å². The smallest absolute Gasteiger partial charge is 0.00755 e. The molecule has 0 atom stereocenters. The second kappa shape index (κ2) is 5.89. The van der Waals surface area contributed by atoms with Crippen molar-refractivity contribution < 1.29 is 0 Å². The highest BCUT2D eigenvalue weighted by molar-refractivity contribution is 5.43. The van der Waals surface area contributed by atoms with E-state index in [2.05, 4.69) is 53.3 Å². The summed E-state index contributed by atoms with van der Waals surface area (Å²) in [5.41, 5.74) is 5.55. The summed E-state index contributed by atoms with van der Waals surface area (Å²) < 4.78 is 0. The molecule has 16 heavy (non-hydrogen) atoms. The fourth-order valence-corrected chi connectivity index (χ4v) is 1.82. The van der Waals surface area contributed by atoms with Crippen LogP contribution in [0.25, 0.3) is 0 Å². The molecule has 0 heteroatoms. The van der Waals surface area contributed by atoms with Gasteiger partial charge in [0.25, 0.3) is 0 Å². The molecule has 1 aromatic carbocycles. The topological polar surface area (TPSA) is 0 Å². The van der Waals surface area contributed by atoms with E-state index in [1.807, 2.05) is 19.9 Å². The van der Waals surface area contributed by atoms with Crippen molar-refractivity contribution in [2.75, 3.05) is 0 Å². The quantitative estimate of drug-likeness (QED) is 0.606. The van der Waals surface area contributed by atoms with Crippen LogP contribution < -0.4 is 0 Å². The fraction of sp³-hybridized carbons (Fsp3) is 0.500. The molecule has 0 aromatic heterocycles. The summed E-state index contributed by atoms with van der Waals surface area (Å²) in [7, 11) is 0. The third-order valence-corrected chi connectivity index (χ3v) is 3.02. The molecule has 1 rings (SSSR count). The molecule has 0 fully saturated rings. The second-order valence-electron chi connectivity index (χ2n) is 4.68. The first kappa shape index (κ1) is 15.0. The monoisotopic (exact) mass is 218 g/mol. The average molecular weight is 218 g/mol. The molecule has 0 bridgehead atoms. The maximum absolute atomic E-state index is 3.91. The third kappa shape index (κ3) is 3.23. The highest BCUT2D eigenvalue weighted by Crippen LogP contribution is 2.29. The molecule has 0 N–H and O–H groups in total. The molecular formula is C16H26. The number of aryl methyl sites for hydroxylation is 2. The van der Waals surface area contributed by atoms with Gasteiger partial charge in [-0.15, -0.1) is 6.58 Å². The maximum atomic E-state index is 3.91. The summed E-state index contributed by atoms with van der Waals surface area (Å²) in [5, 5.41) is 0. The van der Waals surface area contributed by atoms with Crippen LogP contribution >= 0.6 is 0 Å². The Balaban J connectivity index is 0.00000106. The number of allylic oxidation sites excluding steroid dienone is 1. The molecule has 0 aliphatic carbocycles. The largest absolute Gasteiger partial charge is 0.102 e. The summed E-state index contributed by atoms with van der Waals surface area (Å²) >= 11 is 0. The number of hydrogen-bond donors (Lipinski definition) is 0. The zero-order chi connectivity index (χ0) is 12.9. The minimum absolute atomic E-state index is 0.0703. The Bertz CT molecular complexity index is 357. The summed E-state index contributed by atoms with van der Waals surface area (Å²) in [4.78, 5) is 0. The first-order chi connectivity index (χ1) is 7.38. The van der Waals surface area contributed by atoms with Gasteiger partial charge in [-0.3, -0.25) is 0 Å². The Hall–Kier alpha value is -1.04. The van der Waals surface area contributed by atoms with E-state index in [9.17, 15) is 0 Å². The second-order valence-corrected chi connectivity index (χ2v) is 4.68. The van der Waals surface area contributed by atoms with Gasteiger partial charge in [0.15, 0.2) is 0 Å². The molecule has 0 aliphatic heterocycles. The minimum Gasteiger partial charge on any atom is -0.102 e. The van der Waals surface area contributed by atoms with Crippen molar-refractivity contribution >= 4 is 0 Å². The molecule has 0 heterocycles. The summed E-state index contributed by atoms with van der Waals surface area (Å²) in [6.45, 7) is 18.8. The van der Waals surface area contributed by atoms with Crippen LogP contribution in [0.1, 0.15) is 49.9 Å². The number of benzene rings is 1. The van der Waals surface area contributed by atoms with Gasteiger partial charge in [-0.1, -0.05) is 51.5 Å². The van der Waals surface area contributed by atoms with E-state index in [1.165, 1.54) is 22.3 Å². The van der Waals surface area contributed by atoms with E-state index < -0.39 is 0 Å². The Kier molecular flexibility index (Phi) is 5.50. The van der Waals surface area contributed by atoms with Gasteiger partial charge in [0, 0.05) is 5.41 Å². The van der Waals surface area contributed by atoms with Gasteiger partial charge < -0.3 is 0 Å². The van der Waals surface area contributed by atoms with Crippen LogP contribution in [0, 0.1) is 20.8 Å². The van der Waals surface area contributed by atoms with E-state index in [1.54, 1.807) is 0 Å². The van der Waals surface area contributed by atoms with E-state index in [4.69, 9.17) is 0 Å². The van der Waals surface area contributed by atoms with Crippen molar-refractivity contribution in [2.24, 2.45) is 0 Å². The summed E-state index contributed by atoms with van der Waals surface area (Å²) in [6.07, 6.45) is 2.02. The lowest BCUT2D eigenvalue weighted by molar-refractivity contribution is 0.664. The predicted molar refractivity (Wildman–Crippen MR) is 75.2 cm³/mol. The fourth-order valence-electron chi connectivity index (χ4n) is 1.82. The minimum atomic E-state index is 0.0703. The Morgan fingerprint density at radius 2 is 1.56 bits per heavy atom. The molecule has 90 valence electrons. The zero-order valence-electron chi connectivity index (χ0n) is 11.9. The van der Waals surface area contributed by atoms with Gasteiger partial charge >= 0.3 is 0 Å². The van der Waals surface area contributed by atoms with Crippen LogP contribution in [-0.2, 0) is 5.41 Å². The molecule has 1 aromatic rings. The van der Waals surface area contributed by atoms with Gasteiger partial charge in [0.1, 0.15) is 0 Å². The van der Waals surface area contributed by atoms with Crippen molar-refractivity contribution in [3.05, 3.63) is 47.0 Å². The van der Waals surface area contributed by atoms with E-state index >= 15 is 0 Å². The molecule has 0 saturated heterocycles. The van der Waals surface area contributed by atoms with Gasteiger partial charge in [0.2, 0.25) is 0 Å². The predicted octanol–water partition coefficient (Wildman–Crippen LogP) is 5.10. The van der Waals surface area contributed by atoms with Crippen LogP contribution in [0.3, 0.4) is 0 Å². The van der Waals surface area contributed by atoms with E-state index in [0.717, 1.165) is 0 Å². The SMILES string of the molecule is C=CC(C)(C)c1cc(C)cc(C)c1C.CC. The first-order valence-electron chi connectivity index (χ1n) is 6.10. The first-order valence-corrected chi connectivity index (χ1v) is 6.10. The van der Waals surface area contributed by atoms with Crippen molar-refractivity contribution in [3.63, 3.8) is 0 Å². The van der Waals surface area contributed by atoms with Gasteiger partial charge in [-0.25, -0.2) is 0 Å². The highest BCUT2D eigenvalue weighted by atomic mass is 14.2. The summed E-state index contributed by atoms with van der Waals surface area (Å²) in [6, 6.07) is 4.50. The molecule has 0 nitrogen and oxygen atoms in total. The molecule has 0 radical (unpaired) electrons. The van der Waals surface area contributed by atoms with E-state index in [0.29, 0.717) is 0 Å². The number of hydrogen-bond acceptors (Lipinski definition) is 0. The van der Waals surface area contributed by atoms with E-state index in [-0.39, 0.29) is 5.41 Å². The standard InChI is InChI=1S/C14H20.C2H6/c1-7-14(5,6)13-9-10(2)8-11(3)12(13)4;1-2/h7-9H,1H2,2-6H3;1-2H3. The third-order valence-electron chi connectivity index (χ3n) is 3.02. The van der Waals surface area contributed by atoms with Crippen molar-refractivity contribution in [3.8, 4) is 0 Å². The molecule has 0 unspecified atom stereocenters. The highest BCUT2D eigenvalue weighted by Gasteiger charge is 2.19. The van der Waals surface area contributed by atoms with Gasteiger partial charge in [-0.2, -0.15) is 0 Å². The van der Waals surface area contributed by atoms with Gasteiger partial charge in [0.05, 0.1) is 0 Å². The number of rotatable bonds is 2. The Morgan fingerprint density at radius 3 is 2.00 bits per heavy atom. The van der Waals surface area contributed by atoms with Crippen molar-refractivity contribution in [1.82, 2.24) is 0 Å². The molecule has 0 amide bonds. The van der Waals surface area contributed by atoms with Crippen LogP contribution in [0.4, 0.5) is 0 Å². The normalized spacial score (nSPS) is 10.4.